The van der Waals surface area contributed by atoms with Gasteiger partial charge in [-0.1, -0.05) is 22.0 Å². The molecule has 1 saturated carbocycles. The van der Waals surface area contributed by atoms with Crippen LogP contribution in [0, 0.1) is 16.0 Å². The Hall–Kier alpha value is -1.10. The van der Waals surface area contributed by atoms with Crippen molar-refractivity contribution in [3.63, 3.8) is 0 Å². The molecule has 0 saturated heterocycles. The van der Waals surface area contributed by atoms with Crippen LogP contribution >= 0.6 is 15.9 Å². The van der Waals surface area contributed by atoms with E-state index < -0.39 is 4.92 Å². The van der Waals surface area contributed by atoms with Gasteiger partial charge in [0.1, 0.15) is 0 Å². The zero-order valence-electron chi connectivity index (χ0n) is 11.1. The minimum absolute atomic E-state index is 0.0370. The summed E-state index contributed by atoms with van der Waals surface area (Å²) in [6.07, 6.45) is 3.37. The van der Waals surface area contributed by atoms with Crippen LogP contribution in [0.15, 0.2) is 18.2 Å². The maximum absolute atomic E-state index is 11.0. The van der Waals surface area contributed by atoms with Gasteiger partial charge in [-0.05, 0) is 50.7 Å². The first-order chi connectivity index (χ1) is 8.97. The largest absolute Gasteiger partial charge is 0.484 e. The fourth-order valence-electron chi connectivity index (χ4n) is 2.03. The molecular weight excluding hydrogens is 310 g/mol. The fraction of sp³-hybridized carbons (Fsp3) is 0.571. The summed E-state index contributed by atoms with van der Waals surface area (Å²) in [4.78, 5) is 11.0. The Morgan fingerprint density at radius 1 is 1.47 bits per heavy atom. The molecule has 1 aromatic carbocycles. The van der Waals surface area contributed by atoms with Crippen molar-refractivity contribution < 1.29 is 9.66 Å². The van der Waals surface area contributed by atoms with Crippen molar-refractivity contribution in [1.29, 1.82) is 0 Å². The second-order valence-electron chi connectivity index (χ2n) is 5.28. The minimum Gasteiger partial charge on any atom is -0.484 e. The third-order valence-electron chi connectivity index (χ3n) is 3.15. The molecule has 1 fully saturated rings. The lowest BCUT2D eigenvalue weighted by molar-refractivity contribution is -0.386. The van der Waals surface area contributed by atoms with Gasteiger partial charge in [-0.25, -0.2) is 0 Å². The molecule has 19 heavy (non-hydrogen) atoms. The van der Waals surface area contributed by atoms with Crippen LogP contribution < -0.4 is 4.74 Å². The molecule has 104 valence electrons. The average Bonchev–Trinajstić information content (AvgIpc) is 3.11. The van der Waals surface area contributed by atoms with E-state index in [2.05, 4.69) is 15.9 Å². The van der Waals surface area contributed by atoms with Crippen molar-refractivity contribution in [2.75, 3.05) is 0 Å². The number of ether oxygens (including phenoxy) is 1. The number of nitrogens with zero attached hydrogens (tertiary/aromatic N) is 1. The molecule has 0 bridgehead atoms. The normalized spacial score (nSPS) is 16.4. The number of halogens is 1. The van der Waals surface area contributed by atoms with Crippen LogP contribution in [0.5, 0.6) is 5.75 Å². The molecular formula is C14H18BrNO3. The van der Waals surface area contributed by atoms with E-state index in [1.165, 1.54) is 12.8 Å². The highest BCUT2D eigenvalue weighted by Gasteiger charge is 2.29. The number of alkyl halides is 1. The third kappa shape index (κ3) is 3.93. The summed E-state index contributed by atoms with van der Waals surface area (Å²) in [5, 5.41) is 11.0. The van der Waals surface area contributed by atoms with E-state index >= 15 is 0 Å². The van der Waals surface area contributed by atoms with Crippen molar-refractivity contribution in [2.45, 2.75) is 44.0 Å². The predicted molar refractivity (Wildman–Crippen MR) is 78.0 cm³/mol. The summed E-state index contributed by atoms with van der Waals surface area (Å²) >= 11 is 3.69. The first-order valence-corrected chi connectivity index (χ1v) is 7.47. The summed E-state index contributed by atoms with van der Waals surface area (Å²) in [6, 6.07) is 5.16. The first kappa shape index (κ1) is 14.3. The first-order valence-electron chi connectivity index (χ1n) is 6.55. The van der Waals surface area contributed by atoms with Crippen LogP contribution in [-0.4, -0.2) is 15.9 Å². The molecule has 1 aromatic rings. The van der Waals surface area contributed by atoms with Gasteiger partial charge in [0, 0.05) is 10.9 Å². The summed E-state index contributed by atoms with van der Waals surface area (Å²) in [5.41, 5.74) is 1.12. The van der Waals surface area contributed by atoms with E-state index in [0.29, 0.717) is 10.6 Å². The number of rotatable bonds is 6. The highest BCUT2D eigenvalue weighted by atomic mass is 79.9. The number of hydrogen-bond donors (Lipinski definition) is 0. The SMILES string of the molecule is CC(C)Oc1cc(CC(Br)C2CC2)ccc1[N+](=O)[O-]. The maximum Gasteiger partial charge on any atom is 0.310 e. The molecule has 4 nitrogen and oxygen atoms in total. The smallest absolute Gasteiger partial charge is 0.310 e. The van der Waals surface area contributed by atoms with Gasteiger partial charge in [0.25, 0.3) is 0 Å². The molecule has 1 aliphatic rings. The molecule has 0 aliphatic heterocycles. The van der Waals surface area contributed by atoms with E-state index in [9.17, 15) is 10.1 Å². The van der Waals surface area contributed by atoms with Gasteiger partial charge < -0.3 is 4.74 Å². The molecule has 0 N–H and O–H groups in total. The average molecular weight is 328 g/mol. The van der Waals surface area contributed by atoms with Crippen LogP contribution in [0.25, 0.3) is 0 Å². The molecule has 0 heterocycles. The van der Waals surface area contributed by atoms with Gasteiger partial charge in [-0.15, -0.1) is 0 Å². The van der Waals surface area contributed by atoms with Crippen LogP contribution in [0.2, 0.25) is 0 Å². The van der Waals surface area contributed by atoms with Crippen molar-refractivity contribution >= 4 is 21.6 Å². The number of nitro groups is 1. The molecule has 0 aromatic heterocycles. The van der Waals surface area contributed by atoms with Gasteiger partial charge in [0.15, 0.2) is 5.75 Å². The Labute approximate surface area is 121 Å². The van der Waals surface area contributed by atoms with Crippen molar-refractivity contribution in [3.8, 4) is 5.75 Å². The highest BCUT2D eigenvalue weighted by molar-refractivity contribution is 9.09. The summed E-state index contributed by atoms with van der Waals surface area (Å²) in [6.45, 7) is 3.74. The van der Waals surface area contributed by atoms with Crippen molar-refractivity contribution in [2.24, 2.45) is 5.92 Å². The lowest BCUT2D eigenvalue weighted by atomic mass is 10.1. The van der Waals surface area contributed by atoms with E-state index in [1.54, 1.807) is 12.1 Å². The fourth-order valence-corrected chi connectivity index (χ4v) is 2.94. The molecule has 2 rings (SSSR count). The van der Waals surface area contributed by atoms with Crippen LogP contribution in [-0.2, 0) is 6.42 Å². The molecule has 5 heteroatoms. The Balaban J connectivity index is 2.18. The summed E-state index contributed by atoms with van der Waals surface area (Å²) in [7, 11) is 0. The molecule has 0 radical (unpaired) electrons. The predicted octanol–water partition coefficient (Wildman–Crippen LogP) is 4.10. The van der Waals surface area contributed by atoms with Gasteiger partial charge in [0.05, 0.1) is 11.0 Å². The van der Waals surface area contributed by atoms with Crippen molar-refractivity contribution in [3.05, 3.63) is 33.9 Å². The Morgan fingerprint density at radius 2 is 2.16 bits per heavy atom. The second-order valence-corrected chi connectivity index (χ2v) is 6.46. The Morgan fingerprint density at radius 3 is 2.68 bits per heavy atom. The second kappa shape index (κ2) is 5.90. The molecule has 0 amide bonds. The van der Waals surface area contributed by atoms with Crippen LogP contribution in [0.1, 0.15) is 32.3 Å². The van der Waals surface area contributed by atoms with Crippen LogP contribution in [0.3, 0.4) is 0 Å². The number of nitro benzene ring substituents is 1. The molecule has 1 aliphatic carbocycles. The van der Waals surface area contributed by atoms with Gasteiger partial charge in [-0.3, -0.25) is 10.1 Å². The molecule has 1 atom stereocenters. The Bertz CT molecular complexity index is 472. The zero-order valence-corrected chi connectivity index (χ0v) is 12.7. The highest BCUT2D eigenvalue weighted by Crippen LogP contribution is 2.39. The standard InChI is InChI=1S/C14H18BrNO3/c1-9(2)19-14-8-10(3-6-13(14)16(17)18)7-12(15)11-4-5-11/h3,6,8-9,11-12H,4-5,7H2,1-2H3. The topological polar surface area (TPSA) is 52.4 Å². The maximum atomic E-state index is 11.0. The lowest BCUT2D eigenvalue weighted by Crippen LogP contribution is -2.09. The summed E-state index contributed by atoms with van der Waals surface area (Å²) < 4.78 is 5.55. The number of hydrogen-bond acceptors (Lipinski definition) is 3. The zero-order chi connectivity index (χ0) is 14.0. The van der Waals surface area contributed by atoms with E-state index in [0.717, 1.165) is 17.9 Å². The number of benzene rings is 1. The van der Waals surface area contributed by atoms with Crippen LogP contribution in [0.4, 0.5) is 5.69 Å². The monoisotopic (exact) mass is 327 g/mol. The van der Waals surface area contributed by atoms with Gasteiger partial charge >= 0.3 is 5.69 Å². The van der Waals surface area contributed by atoms with E-state index in [1.807, 2.05) is 19.9 Å². The minimum atomic E-state index is -0.395. The molecule has 1 unspecified atom stereocenters. The lowest BCUT2D eigenvalue weighted by Gasteiger charge is -2.13. The quantitative estimate of drug-likeness (QED) is 0.449. The van der Waals surface area contributed by atoms with Gasteiger partial charge in [0.2, 0.25) is 0 Å². The summed E-state index contributed by atoms with van der Waals surface area (Å²) in [5.74, 6) is 1.12. The van der Waals surface area contributed by atoms with Gasteiger partial charge in [-0.2, -0.15) is 0 Å². The van der Waals surface area contributed by atoms with E-state index in [4.69, 9.17) is 4.74 Å². The Kier molecular flexibility index (Phi) is 4.45. The van der Waals surface area contributed by atoms with Crippen molar-refractivity contribution in [1.82, 2.24) is 0 Å². The van der Waals surface area contributed by atoms with E-state index in [-0.39, 0.29) is 11.8 Å². The third-order valence-corrected chi connectivity index (χ3v) is 4.22. The molecule has 0 spiro atoms.